The van der Waals surface area contributed by atoms with Gasteiger partial charge >= 0.3 is 0 Å². The lowest BCUT2D eigenvalue weighted by molar-refractivity contribution is -0.165. The van der Waals surface area contributed by atoms with Crippen LogP contribution in [0.1, 0.15) is 35.3 Å². The standard InChI is InChI=1S/C46H28B2N3O10/c1-19(53)41-30-29-28(18-52)60-61-42-31(29)36(40(57)39(56)34(42)47)48-35-32(30)43(59-41)38(55)33(37(35)54)46-50-44(22-13-11-21(12-14-22)20-7-3-2-4-8-20)49-45(51-46)23-15-16-25-24-9-5-6-10-26(24)58-27(25)17-23/h2-18,46,52-57H,1H3,(H,49,50,51)/b28-18-,41-19-. The van der Waals surface area contributed by atoms with Gasteiger partial charge in [0, 0.05) is 43.6 Å². The molecular formula is C46H28B2N3O10. The van der Waals surface area contributed by atoms with Crippen molar-refractivity contribution >= 4 is 87.4 Å². The highest BCUT2D eigenvalue weighted by Gasteiger charge is 2.39. The maximum absolute atomic E-state index is 12.5. The maximum atomic E-state index is 12.5. The fraction of sp³-hybridized carbons (Fsp3) is 0.0435. The Morgan fingerprint density at radius 2 is 1.39 bits per heavy atom. The minimum absolute atomic E-state index is 0.00635. The van der Waals surface area contributed by atoms with Crippen LogP contribution in [0.5, 0.6) is 28.7 Å². The zero-order valence-electron chi connectivity index (χ0n) is 31.8. The number of nitrogens with one attached hydrogen (secondary N) is 1. The third kappa shape index (κ3) is 5.23. The van der Waals surface area contributed by atoms with Crippen molar-refractivity contribution in [2.45, 2.75) is 13.1 Å². The average molecular weight is 804 g/mol. The summed E-state index contributed by atoms with van der Waals surface area (Å²) in [6, 6.07) is 31.0. The zero-order chi connectivity index (χ0) is 41.8. The molecule has 7 N–H and O–H groups in total. The second kappa shape index (κ2) is 13.2. The SMILES string of the molecule is [B]c1c(O)c(O)c2c3c1OO/C(=C\O)C3=c1/c(=C(\C)O)oc3c(O)c(C4N=C(c5ccc(-c6ccccc6)cc5)NC(c5ccc6c(c5)oc5ccccc56)=N4)c(O)c(c13)[B]2. The molecule has 0 spiro atoms. The van der Waals surface area contributed by atoms with Crippen LogP contribution in [0.15, 0.2) is 128 Å². The molecule has 0 amide bonds. The van der Waals surface area contributed by atoms with Crippen molar-refractivity contribution in [3.8, 4) is 39.9 Å². The van der Waals surface area contributed by atoms with Gasteiger partial charge in [-0.1, -0.05) is 78.9 Å². The first-order valence-electron chi connectivity index (χ1n) is 19.0. The van der Waals surface area contributed by atoms with Gasteiger partial charge in [-0.3, -0.25) is 9.78 Å². The summed E-state index contributed by atoms with van der Waals surface area (Å²) in [5.74, 6) is -2.70. The molecule has 1 atom stereocenters. The average Bonchev–Trinajstić information content (AvgIpc) is 3.83. The number of aromatic hydroxyl groups is 4. The number of amidine groups is 2. The molecule has 3 aliphatic heterocycles. The summed E-state index contributed by atoms with van der Waals surface area (Å²) in [4.78, 5) is 20.7. The van der Waals surface area contributed by atoms with E-state index in [2.05, 4.69) is 5.32 Å². The van der Waals surface area contributed by atoms with Gasteiger partial charge in [0.1, 0.15) is 48.5 Å². The maximum Gasteiger partial charge on any atom is 0.221 e. The predicted octanol–water partition coefficient (Wildman–Crippen LogP) is 4.69. The first-order chi connectivity index (χ1) is 29.6. The van der Waals surface area contributed by atoms with E-state index in [-0.39, 0.29) is 72.0 Å². The van der Waals surface area contributed by atoms with E-state index < -0.39 is 29.2 Å². The summed E-state index contributed by atoms with van der Waals surface area (Å²) in [6.07, 6.45) is -0.741. The number of rotatable bonds is 4. The fourth-order valence-corrected chi connectivity index (χ4v) is 8.37. The molecule has 11 rings (SSSR count). The van der Waals surface area contributed by atoms with E-state index in [4.69, 9.17) is 36.4 Å². The Balaban J connectivity index is 1.17. The number of fused-ring (bicyclic) bond motifs is 3. The summed E-state index contributed by atoms with van der Waals surface area (Å²) in [5, 5.41) is 73.8. The summed E-state index contributed by atoms with van der Waals surface area (Å²) in [5.41, 5.74) is 3.56. The molecule has 1 unspecified atom stereocenters. The summed E-state index contributed by atoms with van der Waals surface area (Å²) in [6.45, 7) is 1.34. The third-order valence-corrected chi connectivity index (χ3v) is 11.2. The van der Waals surface area contributed by atoms with E-state index in [1.807, 2.05) is 97.1 Å². The van der Waals surface area contributed by atoms with Crippen molar-refractivity contribution in [1.29, 1.82) is 0 Å². The highest BCUT2D eigenvalue weighted by molar-refractivity contribution is 6.73. The molecule has 2 aromatic heterocycles. The number of hydrogen-bond acceptors (Lipinski definition) is 13. The van der Waals surface area contributed by atoms with Crippen LogP contribution >= 0.6 is 0 Å². The number of aliphatic imine (C=N–C) groups is 2. The molecule has 293 valence electrons. The molecule has 0 saturated carbocycles. The lowest BCUT2D eigenvalue weighted by Crippen LogP contribution is -2.36. The van der Waals surface area contributed by atoms with Gasteiger partial charge in [-0.2, -0.15) is 0 Å². The largest absolute Gasteiger partial charge is 0.511 e. The van der Waals surface area contributed by atoms with E-state index in [1.165, 1.54) is 14.2 Å². The Kier molecular flexibility index (Phi) is 7.75. The topological polar surface area (TPSA) is 203 Å². The molecule has 61 heavy (non-hydrogen) atoms. The number of phenolic OH excluding ortho intramolecular Hbond substituents is 4. The van der Waals surface area contributed by atoms with Gasteiger partial charge in [0.25, 0.3) is 0 Å². The fourth-order valence-electron chi connectivity index (χ4n) is 8.37. The van der Waals surface area contributed by atoms with Gasteiger partial charge < -0.3 is 44.8 Å². The molecular weight excluding hydrogens is 776 g/mol. The molecule has 0 aliphatic carbocycles. The highest BCUT2D eigenvalue weighted by atomic mass is 17.2. The minimum atomic E-state index is -1.33. The van der Waals surface area contributed by atoms with Gasteiger partial charge in [0.15, 0.2) is 40.2 Å². The second-order valence-corrected chi connectivity index (χ2v) is 14.7. The van der Waals surface area contributed by atoms with E-state index in [0.29, 0.717) is 34.6 Å². The van der Waals surface area contributed by atoms with Crippen molar-refractivity contribution in [3.63, 3.8) is 0 Å². The zero-order valence-corrected chi connectivity index (χ0v) is 31.8. The van der Waals surface area contributed by atoms with Gasteiger partial charge in [-0.05, 0) is 52.6 Å². The molecule has 3 aliphatic rings. The van der Waals surface area contributed by atoms with Crippen LogP contribution in [0.25, 0.3) is 55.4 Å². The quantitative estimate of drug-likeness (QED) is 0.0563. The Morgan fingerprint density at radius 3 is 2.15 bits per heavy atom. The van der Waals surface area contributed by atoms with Crippen LogP contribution in [0.4, 0.5) is 0 Å². The van der Waals surface area contributed by atoms with Crippen LogP contribution in [0.3, 0.4) is 0 Å². The van der Waals surface area contributed by atoms with Crippen LogP contribution in [0, 0.1) is 0 Å². The number of benzene rings is 6. The van der Waals surface area contributed by atoms with Crippen LogP contribution in [-0.2, 0) is 4.89 Å². The minimum Gasteiger partial charge on any atom is -0.511 e. The summed E-state index contributed by atoms with van der Waals surface area (Å²) < 4.78 is 12.4. The first kappa shape index (κ1) is 35.9. The molecule has 0 fully saturated rings. The van der Waals surface area contributed by atoms with Gasteiger partial charge in [0.05, 0.1) is 5.56 Å². The van der Waals surface area contributed by atoms with Crippen molar-refractivity contribution in [2.24, 2.45) is 9.98 Å². The van der Waals surface area contributed by atoms with Crippen LogP contribution in [0.2, 0.25) is 0 Å². The van der Waals surface area contributed by atoms with Crippen molar-refractivity contribution in [1.82, 2.24) is 5.32 Å². The number of nitrogens with zero attached hydrogens (tertiary/aromatic N) is 2. The Labute approximate surface area is 346 Å². The number of aliphatic hydroxyl groups is 2. The van der Waals surface area contributed by atoms with Crippen molar-refractivity contribution in [3.05, 3.63) is 142 Å². The number of aliphatic hydroxyl groups excluding tert-OH is 2. The van der Waals surface area contributed by atoms with E-state index in [1.54, 1.807) is 0 Å². The normalized spacial score (nSPS) is 16.6. The third-order valence-electron chi connectivity index (χ3n) is 11.2. The van der Waals surface area contributed by atoms with Crippen molar-refractivity contribution in [2.75, 3.05) is 0 Å². The highest BCUT2D eigenvalue weighted by Crippen LogP contribution is 2.44. The lowest BCUT2D eigenvalue weighted by Gasteiger charge is -2.25. The number of furan rings is 2. The molecule has 13 nitrogen and oxygen atoms in total. The van der Waals surface area contributed by atoms with Gasteiger partial charge in [-0.25, -0.2) is 9.98 Å². The molecule has 8 aromatic rings. The Bertz CT molecular complexity index is 3460. The van der Waals surface area contributed by atoms with E-state index >= 15 is 0 Å². The number of phenols is 4. The molecule has 6 aromatic carbocycles. The molecule has 3 radical (unpaired) electrons. The van der Waals surface area contributed by atoms with Crippen molar-refractivity contribution < 1.29 is 49.2 Å². The smallest absolute Gasteiger partial charge is 0.221 e. The lowest BCUT2D eigenvalue weighted by atomic mass is 9.59. The first-order valence-corrected chi connectivity index (χ1v) is 19.0. The number of para-hydroxylation sites is 1. The molecule has 0 saturated heterocycles. The second-order valence-electron chi connectivity index (χ2n) is 14.7. The summed E-state index contributed by atoms with van der Waals surface area (Å²) in [7, 11) is 7.52. The molecule has 15 heteroatoms. The van der Waals surface area contributed by atoms with Crippen LogP contribution in [-0.4, -0.2) is 57.4 Å². The molecule has 0 bridgehead atoms. The predicted molar refractivity (Wildman–Crippen MR) is 230 cm³/mol. The Morgan fingerprint density at radius 1 is 0.721 bits per heavy atom. The van der Waals surface area contributed by atoms with Gasteiger partial charge in [0.2, 0.25) is 13.0 Å². The Hall–Kier alpha value is -8.19. The van der Waals surface area contributed by atoms with Gasteiger partial charge in [-0.15, -0.1) is 0 Å². The van der Waals surface area contributed by atoms with E-state index in [9.17, 15) is 30.6 Å². The summed E-state index contributed by atoms with van der Waals surface area (Å²) >= 11 is 0. The van der Waals surface area contributed by atoms with E-state index in [0.717, 1.165) is 27.5 Å². The monoisotopic (exact) mass is 804 g/mol. The number of hydrogen-bond donors (Lipinski definition) is 7. The molecule has 5 heterocycles. The number of allylic oxidation sites excluding steroid dienone is 1. The van der Waals surface area contributed by atoms with Crippen LogP contribution < -0.4 is 37.2 Å².